The van der Waals surface area contributed by atoms with Crippen LogP contribution in [0.15, 0.2) is 49.6 Å². The summed E-state index contributed by atoms with van der Waals surface area (Å²) >= 11 is 3.02. The maximum Gasteiger partial charge on any atom is 0.238 e. The monoisotopic (exact) mass is 421 g/mol. The first kappa shape index (κ1) is 18.2. The average Bonchev–Trinajstić information content (AvgIpc) is 3.36. The minimum atomic E-state index is -3.77. The molecule has 4 aromatic rings. The normalized spacial score (nSPS) is 12.1. The number of thioether (sulfide) groups is 1. The van der Waals surface area contributed by atoms with Gasteiger partial charge in [0.2, 0.25) is 21.7 Å². The Morgan fingerprint density at radius 2 is 2.15 bits per heavy atom. The molecule has 0 atom stereocenters. The van der Waals surface area contributed by atoms with E-state index in [4.69, 9.17) is 9.66 Å². The van der Waals surface area contributed by atoms with Gasteiger partial charge in [-0.1, -0.05) is 16.9 Å². The molecule has 0 fully saturated rings. The number of thiophene rings is 1. The first-order valence-corrected chi connectivity index (χ1v) is 11.4. The SMILES string of the molecule is CCn1c(SCc2nc(-c3ccsc3)no2)nc2cc(S(N)(=O)=O)ccc21. The lowest BCUT2D eigenvalue weighted by molar-refractivity contribution is 0.391. The number of nitrogens with two attached hydrogens (primary N) is 1. The first-order chi connectivity index (χ1) is 13.0. The van der Waals surface area contributed by atoms with Gasteiger partial charge in [-0.15, -0.1) is 0 Å². The molecule has 0 unspecified atom stereocenters. The minimum absolute atomic E-state index is 0.0459. The Kier molecular flexibility index (Phi) is 4.76. The van der Waals surface area contributed by atoms with Crippen molar-refractivity contribution in [3.8, 4) is 11.4 Å². The van der Waals surface area contributed by atoms with Crippen molar-refractivity contribution in [1.29, 1.82) is 0 Å². The van der Waals surface area contributed by atoms with Gasteiger partial charge in [-0.05, 0) is 36.6 Å². The topological polar surface area (TPSA) is 117 Å². The van der Waals surface area contributed by atoms with Crippen LogP contribution in [-0.4, -0.2) is 28.1 Å². The summed E-state index contributed by atoms with van der Waals surface area (Å²) < 4.78 is 30.4. The largest absolute Gasteiger partial charge is 0.338 e. The Labute approximate surface area is 163 Å². The highest BCUT2D eigenvalue weighted by Gasteiger charge is 2.16. The van der Waals surface area contributed by atoms with Crippen LogP contribution in [0.25, 0.3) is 22.4 Å². The third-order valence-electron chi connectivity index (χ3n) is 3.90. The highest BCUT2D eigenvalue weighted by molar-refractivity contribution is 7.98. The lowest BCUT2D eigenvalue weighted by atomic mass is 10.3. The van der Waals surface area contributed by atoms with Crippen LogP contribution in [0.3, 0.4) is 0 Å². The Balaban J connectivity index is 1.60. The van der Waals surface area contributed by atoms with Gasteiger partial charge in [-0.25, -0.2) is 18.5 Å². The number of rotatable bonds is 6. The van der Waals surface area contributed by atoms with E-state index in [1.54, 1.807) is 17.4 Å². The fourth-order valence-electron chi connectivity index (χ4n) is 2.63. The van der Waals surface area contributed by atoms with Gasteiger partial charge < -0.3 is 9.09 Å². The number of sulfonamides is 1. The maximum absolute atomic E-state index is 11.6. The van der Waals surface area contributed by atoms with Crippen molar-refractivity contribution < 1.29 is 12.9 Å². The molecule has 8 nitrogen and oxygen atoms in total. The zero-order valence-corrected chi connectivity index (χ0v) is 16.6. The summed E-state index contributed by atoms with van der Waals surface area (Å²) in [7, 11) is -3.77. The number of fused-ring (bicyclic) bond motifs is 1. The van der Waals surface area contributed by atoms with Gasteiger partial charge >= 0.3 is 0 Å². The van der Waals surface area contributed by atoms with Crippen molar-refractivity contribution in [3.05, 3.63) is 40.9 Å². The number of hydrogen-bond acceptors (Lipinski definition) is 8. The standard InChI is InChI=1S/C16H15N5O3S3/c1-2-21-13-4-3-11(27(17,22)23)7-12(13)18-16(21)26-9-14-19-15(20-24-14)10-5-6-25-8-10/h3-8H,2,9H2,1H3,(H2,17,22,23). The van der Waals surface area contributed by atoms with Crippen molar-refractivity contribution in [2.75, 3.05) is 0 Å². The average molecular weight is 422 g/mol. The third-order valence-corrected chi connectivity index (χ3v) is 6.46. The van der Waals surface area contributed by atoms with Crippen LogP contribution < -0.4 is 5.14 Å². The molecule has 3 aromatic heterocycles. The zero-order valence-electron chi connectivity index (χ0n) is 14.2. The maximum atomic E-state index is 11.6. The summed E-state index contributed by atoms with van der Waals surface area (Å²) in [4.78, 5) is 8.99. The molecule has 0 saturated heterocycles. The number of imidazole rings is 1. The quantitative estimate of drug-likeness (QED) is 0.475. The van der Waals surface area contributed by atoms with E-state index in [0.29, 0.717) is 29.5 Å². The van der Waals surface area contributed by atoms with E-state index in [9.17, 15) is 8.42 Å². The molecule has 0 spiro atoms. The molecule has 0 amide bonds. The molecule has 0 aliphatic heterocycles. The van der Waals surface area contributed by atoms with E-state index in [1.807, 2.05) is 28.3 Å². The molecule has 140 valence electrons. The molecule has 1 aromatic carbocycles. The summed E-state index contributed by atoms with van der Waals surface area (Å²) in [6, 6.07) is 6.64. The second kappa shape index (κ2) is 7.08. The molecule has 11 heteroatoms. The predicted molar refractivity (Wildman–Crippen MR) is 104 cm³/mol. The highest BCUT2D eigenvalue weighted by atomic mass is 32.2. The number of primary sulfonamides is 1. The molecule has 4 rings (SSSR count). The summed E-state index contributed by atoms with van der Waals surface area (Å²) in [5, 5.41) is 13.9. The van der Waals surface area contributed by atoms with Crippen LogP contribution in [0.5, 0.6) is 0 Å². The van der Waals surface area contributed by atoms with Crippen LogP contribution in [0.1, 0.15) is 12.8 Å². The Morgan fingerprint density at radius 3 is 2.85 bits per heavy atom. The molecular weight excluding hydrogens is 406 g/mol. The molecule has 0 radical (unpaired) electrons. The van der Waals surface area contributed by atoms with Gasteiger partial charge in [0, 0.05) is 17.5 Å². The van der Waals surface area contributed by atoms with E-state index in [2.05, 4.69) is 15.1 Å². The smallest absolute Gasteiger partial charge is 0.238 e. The lowest BCUT2D eigenvalue weighted by Crippen LogP contribution is -2.11. The van der Waals surface area contributed by atoms with Crippen LogP contribution >= 0.6 is 23.1 Å². The number of aromatic nitrogens is 4. The van der Waals surface area contributed by atoms with Crippen LogP contribution in [0.2, 0.25) is 0 Å². The number of hydrogen-bond donors (Lipinski definition) is 1. The van der Waals surface area contributed by atoms with Gasteiger partial charge in [0.25, 0.3) is 0 Å². The number of benzene rings is 1. The molecule has 0 bridgehead atoms. The Hall–Kier alpha value is -2.21. The third kappa shape index (κ3) is 3.63. The summed E-state index contributed by atoms with van der Waals surface area (Å²) in [6.07, 6.45) is 0. The van der Waals surface area contributed by atoms with E-state index in [-0.39, 0.29) is 4.90 Å². The number of nitrogens with zero attached hydrogens (tertiary/aromatic N) is 4. The van der Waals surface area contributed by atoms with Gasteiger partial charge in [-0.3, -0.25) is 0 Å². The van der Waals surface area contributed by atoms with Crippen molar-refractivity contribution >= 4 is 44.2 Å². The fourth-order valence-corrected chi connectivity index (χ4v) is 4.71. The van der Waals surface area contributed by atoms with E-state index in [1.165, 1.54) is 23.9 Å². The molecule has 0 saturated carbocycles. The second-order valence-electron chi connectivity index (χ2n) is 5.65. The van der Waals surface area contributed by atoms with Crippen molar-refractivity contribution in [2.24, 2.45) is 5.14 Å². The summed E-state index contributed by atoms with van der Waals surface area (Å²) in [5.74, 6) is 1.53. The van der Waals surface area contributed by atoms with Crippen molar-refractivity contribution in [3.63, 3.8) is 0 Å². The van der Waals surface area contributed by atoms with Crippen LogP contribution in [0.4, 0.5) is 0 Å². The fraction of sp³-hybridized carbons (Fsp3) is 0.188. The van der Waals surface area contributed by atoms with E-state index < -0.39 is 10.0 Å². The van der Waals surface area contributed by atoms with Gasteiger partial charge in [-0.2, -0.15) is 16.3 Å². The second-order valence-corrected chi connectivity index (χ2v) is 8.93. The zero-order chi connectivity index (χ0) is 19.0. The van der Waals surface area contributed by atoms with E-state index in [0.717, 1.165) is 16.2 Å². The molecule has 0 aliphatic rings. The van der Waals surface area contributed by atoms with Crippen molar-refractivity contribution in [2.45, 2.75) is 29.3 Å². The Morgan fingerprint density at radius 1 is 1.30 bits per heavy atom. The van der Waals surface area contributed by atoms with Gasteiger partial charge in [0.1, 0.15) is 0 Å². The number of aryl methyl sites for hydroxylation is 1. The van der Waals surface area contributed by atoms with E-state index >= 15 is 0 Å². The Bertz CT molecular complexity index is 1200. The van der Waals surface area contributed by atoms with Gasteiger partial charge in [0.15, 0.2) is 5.16 Å². The molecule has 0 aliphatic carbocycles. The minimum Gasteiger partial charge on any atom is -0.338 e. The molecule has 3 heterocycles. The molecule has 2 N–H and O–H groups in total. The predicted octanol–water partition coefficient (Wildman–Crippen LogP) is 3.11. The lowest BCUT2D eigenvalue weighted by Gasteiger charge is -2.04. The molecular formula is C16H15N5O3S3. The first-order valence-electron chi connectivity index (χ1n) is 7.96. The molecule has 27 heavy (non-hydrogen) atoms. The van der Waals surface area contributed by atoms with Crippen LogP contribution in [-0.2, 0) is 22.3 Å². The summed E-state index contributed by atoms with van der Waals surface area (Å²) in [6.45, 7) is 2.69. The highest BCUT2D eigenvalue weighted by Crippen LogP contribution is 2.28. The van der Waals surface area contributed by atoms with Crippen molar-refractivity contribution in [1.82, 2.24) is 19.7 Å². The van der Waals surface area contributed by atoms with Crippen LogP contribution in [0, 0.1) is 0 Å². The van der Waals surface area contributed by atoms with Gasteiger partial charge in [0.05, 0.1) is 21.7 Å². The summed E-state index contributed by atoms with van der Waals surface area (Å²) in [5.41, 5.74) is 2.35.